The lowest BCUT2D eigenvalue weighted by Crippen LogP contribution is -2.70. The SMILES string of the molecule is C[C@H]1[C@@H](CCNCCNc2ccnc3cc(Cl)ccc23)O[C@@H]2O[C@@]3(C)CC[C@H]4[C@H](C)CC[C@@H]1[C@@]24OO3. The number of hydrogen-bond acceptors (Lipinski definition) is 7. The van der Waals surface area contributed by atoms with Gasteiger partial charge in [-0.1, -0.05) is 25.4 Å². The van der Waals surface area contributed by atoms with E-state index in [-0.39, 0.29) is 12.4 Å². The average molecular weight is 516 g/mol. The molecule has 1 aromatic carbocycles. The molecule has 1 spiro atoms. The molecule has 2 bridgehead atoms. The normalized spacial score (nSPS) is 39.6. The third-order valence-corrected chi connectivity index (χ3v) is 9.46. The fourth-order valence-electron chi connectivity index (χ4n) is 7.24. The van der Waals surface area contributed by atoms with Crippen molar-refractivity contribution in [2.24, 2.45) is 23.7 Å². The van der Waals surface area contributed by atoms with Crippen LogP contribution in [0.4, 0.5) is 5.69 Å². The van der Waals surface area contributed by atoms with E-state index in [1.165, 1.54) is 6.42 Å². The Morgan fingerprint density at radius 1 is 1.06 bits per heavy atom. The summed E-state index contributed by atoms with van der Waals surface area (Å²) in [7, 11) is 0. The molecule has 196 valence electrons. The van der Waals surface area contributed by atoms with E-state index in [0.29, 0.717) is 28.7 Å². The highest BCUT2D eigenvalue weighted by Crippen LogP contribution is 2.60. The lowest BCUT2D eigenvalue weighted by molar-refractivity contribution is -0.571. The van der Waals surface area contributed by atoms with Gasteiger partial charge in [-0.2, -0.15) is 0 Å². The molecule has 0 unspecified atom stereocenters. The van der Waals surface area contributed by atoms with Crippen LogP contribution in [0.2, 0.25) is 5.02 Å². The lowest BCUT2D eigenvalue weighted by Gasteiger charge is -2.60. The van der Waals surface area contributed by atoms with Crippen LogP contribution in [0.5, 0.6) is 0 Å². The molecule has 1 saturated carbocycles. The van der Waals surface area contributed by atoms with Gasteiger partial charge in [0.05, 0.1) is 11.6 Å². The second-order valence-corrected chi connectivity index (χ2v) is 11.9. The molecular weight excluding hydrogens is 478 g/mol. The molecule has 0 amide bonds. The van der Waals surface area contributed by atoms with Gasteiger partial charge in [-0.3, -0.25) is 4.98 Å². The number of nitrogens with one attached hydrogen (secondary N) is 2. The lowest BCUT2D eigenvalue weighted by atomic mass is 9.57. The minimum atomic E-state index is -0.713. The third kappa shape index (κ3) is 4.22. The highest BCUT2D eigenvalue weighted by molar-refractivity contribution is 6.31. The van der Waals surface area contributed by atoms with E-state index in [9.17, 15) is 0 Å². The van der Waals surface area contributed by atoms with Crippen molar-refractivity contribution in [1.29, 1.82) is 0 Å². The summed E-state index contributed by atoms with van der Waals surface area (Å²) in [6.07, 6.45) is 6.85. The zero-order valence-corrected chi connectivity index (χ0v) is 22.2. The summed E-state index contributed by atoms with van der Waals surface area (Å²) in [5, 5.41) is 8.90. The Balaban J connectivity index is 1.05. The first-order valence-electron chi connectivity index (χ1n) is 13.6. The summed E-state index contributed by atoms with van der Waals surface area (Å²) in [5.74, 6) is 1.07. The summed E-state index contributed by atoms with van der Waals surface area (Å²) in [6, 6.07) is 7.82. The minimum Gasteiger partial charge on any atom is -0.383 e. The van der Waals surface area contributed by atoms with E-state index >= 15 is 0 Å². The van der Waals surface area contributed by atoms with Gasteiger partial charge in [0.2, 0.25) is 5.79 Å². The van der Waals surface area contributed by atoms with Crippen molar-refractivity contribution in [3.05, 3.63) is 35.5 Å². The zero-order chi connectivity index (χ0) is 24.9. The fraction of sp³-hybridized carbons (Fsp3) is 0.679. The maximum absolute atomic E-state index is 6.69. The van der Waals surface area contributed by atoms with Crippen LogP contribution in [-0.4, -0.2) is 48.4 Å². The molecule has 7 rings (SSSR count). The molecule has 1 aliphatic carbocycles. The van der Waals surface area contributed by atoms with E-state index in [1.54, 1.807) is 0 Å². The van der Waals surface area contributed by atoms with Crippen molar-refractivity contribution in [1.82, 2.24) is 10.3 Å². The Hall–Kier alpha value is -1.48. The topological polar surface area (TPSA) is 73.9 Å². The maximum atomic E-state index is 6.69. The van der Waals surface area contributed by atoms with Crippen molar-refractivity contribution < 1.29 is 19.2 Å². The Labute approximate surface area is 218 Å². The van der Waals surface area contributed by atoms with Crippen molar-refractivity contribution >= 4 is 28.2 Å². The number of hydrogen-bond donors (Lipinski definition) is 2. The summed E-state index contributed by atoms with van der Waals surface area (Å²) >= 11 is 6.11. The van der Waals surface area contributed by atoms with Crippen LogP contribution in [0.25, 0.3) is 10.9 Å². The van der Waals surface area contributed by atoms with Crippen LogP contribution in [0.15, 0.2) is 30.5 Å². The molecule has 8 heteroatoms. The maximum Gasteiger partial charge on any atom is 0.201 e. The van der Waals surface area contributed by atoms with Gasteiger partial charge >= 0.3 is 0 Å². The Morgan fingerprint density at radius 3 is 2.83 bits per heavy atom. The van der Waals surface area contributed by atoms with Crippen molar-refractivity contribution in [3.63, 3.8) is 0 Å². The highest BCUT2D eigenvalue weighted by atomic mass is 35.5. The Bertz CT molecular complexity index is 1100. The van der Waals surface area contributed by atoms with E-state index in [4.69, 9.17) is 30.8 Å². The largest absolute Gasteiger partial charge is 0.383 e. The fourth-order valence-corrected chi connectivity index (χ4v) is 7.41. The van der Waals surface area contributed by atoms with Gasteiger partial charge in [-0.15, -0.1) is 0 Å². The van der Waals surface area contributed by atoms with Crippen LogP contribution in [0.1, 0.15) is 52.9 Å². The summed E-state index contributed by atoms with van der Waals surface area (Å²) in [5.41, 5.74) is 1.50. The van der Waals surface area contributed by atoms with Gasteiger partial charge < -0.3 is 20.1 Å². The summed E-state index contributed by atoms with van der Waals surface area (Å²) < 4.78 is 13.2. The number of anilines is 1. The standard InChI is InChI=1S/C28H38ClN3O4/c1-17-4-7-22-18(2)25(33-26-28(22)21(17)8-11-27(3,34-26)35-36-28)10-12-30-14-15-32-23-9-13-31-24-16-19(29)5-6-20(23)24/h5-6,9,13,16-18,21-22,25-26,30H,4,7-8,10-12,14-15H2,1-3H3,(H,31,32)/t17-,18-,21+,22+,25-,26-,27-,28-/m1/s1. The predicted molar refractivity (Wildman–Crippen MR) is 140 cm³/mol. The van der Waals surface area contributed by atoms with Gasteiger partial charge in [-0.25, -0.2) is 9.78 Å². The second-order valence-electron chi connectivity index (χ2n) is 11.4. The van der Waals surface area contributed by atoms with Crippen LogP contribution in [-0.2, 0) is 19.2 Å². The first-order valence-corrected chi connectivity index (χ1v) is 14.0. The van der Waals surface area contributed by atoms with Crippen LogP contribution < -0.4 is 10.6 Å². The molecule has 5 aliphatic rings. The van der Waals surface area contributed by atoms with Gasteiger partial charge in [0.15, 0.2) is 11.9 Å². The molecule has 2 aromatic rings. The minimum absolute atomic E-state index is 0.139. The molecule has 7 nitrogen and oxygen atoms in total. The van der Waals surface area contributed by atoms with Gasteiger partial charge in [0.1, 0.15) is 0 Å². The van der Waals surface area contributed by atoms with Crippen molar-refractivity contribution in [3.8, 4) is 0 Å². The molecule has 5 fully saturated rings. The molecule has 4 saturated heterocycles. The van der Waals surface area contributed by atoms with E-state index in [1.807, 2.05) is 37.4 Å². The first kappa shape index (κ1) is 24.8. The average Bonchev–Trinajstić information content (AvgIpc) is 3.09. The zero-order valence-electron chi connectivity index (χ0n) is 21.5. The molecule has 0 radical (unpaired) electrons. The quantitative estimate of drug-likeness (QED) is 0.371. The summed E-state index contributed by atoms with van der Waals surface area (Å²) in [6.45, 7) is 9.25. The number of nitrogens with zero attached hydrogens (tertiary/aromatic N) is 1. The van der Waals surface area contributed by atoms with E-state index in [0.717, 1.165) is 61.9 Å². The van der Waals surface area contributed by atoms with E-state index < -0.39 is 11.4 Å². The number of halogens is 1. The van der Waals surface area contributed by atoms with Gasteiger partial charge in [0.25, 0.3) is 0 Å². The third-order valence-electron chi connectivity index (χ3n) is 9.22. The number of aromatic nitrogens is 1. The molecule has 1 aromatic heterocycles. The second kappa shape index (κ2) is 9.68. The summed E-state index contributed by atoms with van der Waals surface area (Å²) in [4.78, 5) is 16.6. The predicted octanol–water partition coefficient (Wildman–Crippen LogP) is 5.53. The number of rotatable bonds is 7. The Kier molecular flexibility index (Phi) is 6.68. The molecule has 8 atom stereocenters. The van der Waals surface area contributed by atoms with Crippen LogP contribution in [0, 0.1) is 23.7 Å². The first-order chi connectivity index (χ1) is 17.4. The molecule has 2 N–H and O–H groups in total. The highest BCUT2D eigenvalue weighted by Gasteiger charge is 2.69. The van der Waals surface area contributed by atoms with Crippen molar-refractivity contribution in [2.75, 3.05) is 25.0 Å². The molecule has 5 heterocycles. The molecule has 4 aliphatic heterocycles. The van der Waals surface area contributed by atoms with Crippen LogP contribution in [0.3, 0.4) is 0 Å². The molecular formula is C28H38ClN3O4. The number of fused-ring (bicyclic) bond motifs is 3. The van der Waals surface area contributed by atoms with Gasteiger partial charge in [-0.05, 0) is 81.2 Å². The number of pyridine rings is 1. The molecule has 36 heavy (non-hydrogen) atoms. The number of benzene rings is 1. The van der Waals surface area contributed by atoms with Crippen LogP contribution >= 0.6 is 11.6 Å². The smallest absolute Gasteiger partial charge is 0.201 e. The van der Waals surface area contributed by atoms with Crippen molar-refractivity contribution in [2.45, 2.75) is 76.7 Å². The Morgan fingerprint density at radius 2 is 1.94 bits per heavy atom. The van der Waals surface area contributed by atoms with E-state index in [2.05, 4.69) is 29.5 Å². The van der Waals surface area contributed by atoms with Gasteiger partial charge in [0, 0.05) is 47.7 Å². The number of ether oxygens (including phenoxy) is 2. The monoisotopic (exact) mass is 515 g/mol.